The zero-order chi connectivity index (χ0) is 19.3. The summed E-state index contributed by atoms with van der Waals surface area (Å²) >= 11 is 0. The second-order valence-corrected chi connectivity index (χ2v) is 7.79. The zero-order valence-electron chi connectivity index (χ0n) is 17.2. The van der Waals surface area contributed by atoms with Gasteiger partial charge in [0.15, 0.2) is 5.79 Å². The van der Waals surface area contributed by atoms with Gasteiger partial charge in [0.1, 0.15) is 11.9 Å². The Morgan fingerprint density at radius 2 is 1.77 bits per heavy atom. The number of rotatable bonds is 8. The van der Waals surface area contributed by atoms with Gasteiger partial charge in [0.2, 0.25) is 0 Å². The van der Waals surface area contributed by atoms with Crippen LogP contribution in [0, 0.1) is 11.8 Å². The lowest BCUT2D eigenvalue weighted by atomic mass is 9.87. The highest BCUT2D eigenvalue weighted by Crippen LogP contribution is 2.32. The second-order valence-electron chi connectivity index (χ2n) is 7.79. The molecule has 5 heteroatoms. The first kappa shape index (κ1) is 21.2. The number of methoxy groups -OCH3 is 2. The smallest absolute Gasteiger partial charge is 0.163 e. The SMILES string of the molecule is COc1ccc(CO[C@H](C(C)C)[C@@H](C)[C@@H]2OC(C)(C)OC[C@H]2OC)cc1. The Labute approximate surface area is 157 Å². The van der Waals surface area contributed by atoms with Crippen molar-refractivity contribution < 1.29 is 23.7 Å². The average Bonchev–Trinajstić information content (AvgIpc) is 2.61. The third-order valence-corrected chi connectivity index (χ3v) is 4.98. The van der Waals surface area contributed by atoms with E-state index in [1.54, 1.807) is 14.2 Å². The maximum Gasteiger partial charge on any atom is 0.163 e. The molecule has 0 amide bonds. The quantitative estimate of drug-likeness (QED) is 0.695. The lowest BCUT2D eigenvalue weighted by molar-refractivity contribution is -0.321. The first-order chi connectivity index (χ1) is 12.3. The minimum Gasteiger partial charge on any atom is -0.497 e. The van der Waals surface area contributed by atoms with E-state index in [9.17, 15) is 0 Å². The number of hydrogen-bond acceptors (Lipinski definition) is 5. The van der Waals surface area contributed by atoms with Crippen molar-refractivity contribution in [3.8, 4) is 5.75 Å². The molecule has 0 aromatic heterocycles. The summed E-state index contributed by atoms with van der Waals surface area (Å²) in [6, 6.07) is 7.98. The predicted octanol–water partition coefficient (Wildman–Crippen LogP) is 4.04. The van der Waals surface area contributed by atoms with Crippen LogP contribution in [-0.4, -0.2) is 44.9 Å². The molecule has 0 saturated carbocycles. The van der Waals surface area contributed by atoms with Crippen molar-refractivity contribution in [2.75, 3.05) is 20.8 Å². The molecule has 0 bridgehead atoms. The van der Waals surface area contributed by atoms with Crippen LogP contribution in [0.1, 0.15) is 40.2 Å². The summed E-state index contributed by atoms with van der Waals surface area (Å²) in [5.41, 5.74) is 1.13. The molecule has 1 saturated heterocycles. The second kappa shape index (κ2) is 9.18. The third kappa shape index (κ3) is 5.43. The van der Waals surface area contributed by atoms with Crippen LogP contribution >= 0.6 is 0 Å². The molecule has 148 valence electrons. The fraction of sp³-hybridized carbons (Fsp3) is 0.714. The van der Waals surface area contributed by atoms with E-state index in [1.807, 2.05) is 38.1 Å². The van der Waals surface area contributed by atoms with Gasteiger partial charge < -0.3 is 23.7 Å². The van der Waals surface area contributed by atoms with Gasteiger partial charge in [-0.05, 0) is 37.5 Å². The molecular weight excluding hydrogens is 332 g/mol. The van der Waals surface area contributed by atoms with Gasteiger partial charge in [0.25, 0.3) is 0 Å². The van der Waals surface area contributed by atoms with E-state index >= 15 is 0 Å². The number of ether oxygens (including phenoxy) is 5. The van der Waals surface area contributed by atoms with E-state index in [-0.39, 0.29) is 24.2 Å². The van der Waals surface area contributed by atoms with Gasteiger partial charge in [-0.15, -0.1) is 0 Å². The maximum absolute atomic E-state index is 6.32. The van der Waals surface area contributed by atoms with Crippen molar-refractivity contribution >= 4 is 0 Å². The van der Waals surface area contributed by atoms with Gasteiger partial charge in [-0.2, -0.15) is 0 Å². The van der Waals surface area contributed by atoms with Gasteiger partial charge in [0.05, 0.1) is 32.5 Å². The van der Waals surface area contributed by atoms with Gasteiger partial charge in [-0.3, -0.25) is 0 Å². The molecule has 1 aromatic rings. The molecule has 4 atom stereocenters. The third-order valence-electron chi connectivity index (χ3n) is 4.98. The largest absolute Gasteiger partial charge is 0.497 e. The zero-order valence-corrected chi connectivity index (χ0v) is 17.2. The highest BCUT2D eigenvalue weighted by molar-refractivity contribution is 5.26. The van der Waals surface area contributed by atoms with Crippen molar-refractivity contribution in [3.63, 3.8) is 0 Å². The molecule has 0 N–H and O–H groups in total. The normalized spacial score (nSPS) is 25.1. The van der Waals surface area contributed by atoms with Gasteiger partial charge in [-0.1, -0.05) is 32.9 Å². The monoisotopic (exact) mass is 366 g/mol. The molecule has 0 radical (unpaired) electrons. The van der Waals surface area contributed by atoms with Crippen LogP contribution in [0.5, 0.6) is 5.75 Å². The fourth-order valence-corrected chi connectivity index (χ4v) is 3.52. The first-order valence-electron chi connectivity index (χ1n) is 9.36. The van der Waals surface area contributed by atoms with E-state index in [4.69, 9.17) is 23.7 Å². The average molecular weight is 366 g/mol. The Balaban J connectivity index is 2.06. The standard InChI is InChI=1S/C21H34O5/c1-14(2)19(24-12-16-8-10-17(22-6)11-9-16)15(3)20-18(23-7)13-25-21(4,5)26-20/h8-11,14-15,18-20H,12-13H2,1-7H3/t15-,18-,19-,20+/m1/s1. The molecule has 1 aliphatic heterocycles. The molecule has 1 heterocycles. The van der Waals surface area contributed by atoms with Crippen LogP contribution in [0.15, 0.2) is 24.3 Å². The minimum absolute atomic E-state index is 0.0497. The molecular formula is C21H34O5. The summed E-state index contributed by atoms with van der Waals surface area (Å²) in [6.45, 7) is 11.5. The minimum atomic E-state index is -0.606. The van der Waals surface area contributed by atoms with Crippen LogP contribution < -0.4 is 4.74 Å². The first-order valence-corrected chi connectivity index (χ1v) is 9.36. The Bertz CT molecular complexity index is 540. The van der Waals surface area contributed by atoms with E-state index in [1.165, 1.54) is 0 Å². The van der Waals surface area contributed by atoms with Gasteiger partial charge in [0, 0.05) is 13.0 Å². The van der Waals surface area contributed by atoms with Gasteiger partial charge in [-0.25, -0.2) is 0 Å². The van der Waals surface area contributed by atoms with Crippen LogP contribution in [0.2, 0.25) is 0 Å². The topological polar surface area (TPSA) is 46.2 Å². The lowest BCUT2D eigenvalue weighted by Crippen LogP contribution is -2.54. The number of benzene rings is 1. The Morgan fingerprint density at radius 3 is 2.31 bits per heavy atom. The van der Waals surface area contributed by atoms with Crippen molar-refractivity contribution in [1.29, 1.82) is 0 Å². The van der Waals surface area contributed by atoms with Crippen LogP contribution in [-0.2, 0) is 25.6 Å². The molecule has 2 rings (SSSR count). The summed E-state index contributed by atoms with van der Waals surface area (Å²) in [5, 5.41) is 0. The van der Waals surface area contributed by atoms with Crippen molar-refractivity contribution in [3.05, 3.63) is 29.8 Å². The molecule has 26 heavy (non-hydrogen) atoms. The van der Waals surface area contributed by atoms with Gasteiger partial charge >= 0.3 is 0 Å². The summed E-state index contributed by atoms with van der Waals surface area (Å²) < 4.78 is 29.1. The highest BCUT2D eigenvalue weighted by Gasteiger charge is 2.42. The van der Waals surface area contributed by atoms with Crippen LogP contribution in [0.4, 0.5) is 0 Å². The summed E-state index contributed by atoms with van der Waals surface area (Å²) in [7, 11) is 3.38. The predicted molar refractivity (Wildman–Crippen MR) is 101 cm³/mol. The van der Waals surface area contributed by atoms with E-state index in [0.717, 1.165) is 11.3 Å². The Morgan fingerprint density at radius 1 is 1.12 bits per heavy atom. The molecule has 5 nitrogen and oxygen atoms in total. The molecule has 0 aliphatic carbocycles. The summed E-state index contributed by atoms with van der Waals surface area (Å²) in [5.74, 6) is 0.769. The highest BCUT2D eigenvalue weighted by atomic mass is 16.7. The number of hydrogen-bond donors (Lipinski definition) is 0. The fourth-order valence-electron chi connectivity index (χ4n) is 3.52. The van der Waals surface area contributed by atoms with Crippen molar-refractivity contribution in [2.45, 2.75) is 65.3 Å². The Kier molecular flexibility index (Phi) is 7.47. The molecule has 0 spiro atoms. The summed E-state index contributed by atoms with van der Waals surface area (Å²) in [4.78, 5) is 0. The Hall–Kier alpha value is -1.14. The molecule has 0 unspecified atom stereocenters. The lowest BCUT2D eigenvalue weighted by Gasteiger charge is -2.45. The van der Waals surface area contributed by atoms with Crippen LogP contribution in [0.25, 0.3) is 0 Å². The molecule has 1 aromatic carbocycles. The van der Waals surface area contributed by atoms with E-state index in [2.05, 4.69) is 20.8 Å². The molecule has 1 aliphatic rings. The maximum atomic E-state index is 6.32. The van der Waals surface area contributed by atoms with E-state index in [0.29, 0.717) is 19.1 Å². The van der Waals surface area contributed by atoms with Crippen molar-refractivity contribution in [2.24, 2.45) is 11.8 Å². The van der Waals surface area contributed by atoms with Crippen LogP contribution in [0.3, 0.4) is 0 Å². The summed E-state index contributed by atoms with van der Waals surface area (Å²) in [6.07, 6.45) is -0.121. The van der Waals surface area contributed by atoms with Crippen molar-refractivity contribution in [1.82, 2.24) is 0 Å². The molecule has 1 fully saturated rings. The van der Waals surface area contributed by atoms with E-state index < -0.39 is 5.79 Å².